The number of nitrogens with zero attached hydrogens (tertiary/aromatic N) is 4. The molecule has 0 spiro atoms. The number of rotatable bonds is 7. The van der Waals surface area contributed by atoms with Crippen LogP contribution in [0, 0.1) is 11.5 Å². The zero-order valence-corrected chi connectivity index (χ0v) is 14.3. The molecule has 8 heteroatoms. The highest BCUT2D eigenvalue weighted by atomic mass is 16.5. The summed E-state index contributed by atoms with van der Waals surface area (Å²) in [6, 6.07) is 9.55. The molecule has 1 aromatic carbocycles. The number of amides is 1. The third kappa shape index (κ3) is 4.27. The van der Waals surface area contributed by atoms with Gasteiger partial charge in [-0.1, -0.05) is 29.4 Å². The Morgan fingerprint density at radius 2 is 2.04 bits per heavy atom. The van der Waals surface area contributed by atoms with E-state index in [1.807, 2.05) is 49.9 Å². The Bertz CT molecular complexity index is 920. The lowest BCUT2D eigenvalue weighted by molar-refractivity contribution is -0.116. The second-order valence-electron chi connectivity index (χ2n) is 5.75. The number of carbonyl (C=O) groups is 1. The minimum absolute atomic E-state index is 0.181. The Balaban J connectivity index is 1.60. The number of hydrogen-bond donors (Lipinski definition) is 2. The fourth-order valence-electron chi connectivity index (χ4n) is 2.47. The molecule has 8 nitrogen and oxygen atoms in total. The van der Waals surface area contributed by atoms with E-state index in [1.165, 1.54) is 0 Å². The molecule has 3 aromatic rings. The minimum atomic E-state index is -0.181. The molecule has 0 bridgehead atoms. The molecule has 0 saturated carbocycles. The Kier molecular flexibility index (Phi) is 5.29. The van der Waals surface area contributed by atoms with Crippen LogP contribution in [0.25, 0.3) is 22.4 Å². The molecular formula is C18H18N6O2. The van der Waals surface area contributed by atoms with Crippen LogP contribution in [-0.2, 0) is 11.8 Å². The van der Waals surface area contributed by atoms with E-state index in [9.17, 15) is 4.79 Å². The topological polar surface area (TPSA) is 109 Å². The maximum absolute atomic E-state index is 11.8. The first kappa shape index (κ1) is 17.2. The monoisotopic (exact) mass is 350 g/mol. The number of anilines is 1. The largest absolute Gasteiger partial charge is 0.338 e. The average Bonchev–Trinajstić information content (AvgIpc) is 3.28. The summed E-state index contributed by atoms with van der Waals surface area (Å²) in [5, 5.41) is 21.7. The number of aryl methyl sites for hydroxylation is 1. The first-order valence-electron chi connectivity index (χ1n) is 8.13. The van der Waals surface area contributed by atoms with Crippen LogP contribution in [-0.4, -0.2) is 27.4 Å². The van der Waals surface area contributed by atoms with Crippen molar-refractivity contribution in [3.8, 4) is 28.6 Å². The second kappa shape index (κ2) is 7.98. The van der Waals surface area contributed by atoms with Crippen LogP contribution in [0.1, 0.15) is 12.8 Å². The van der Waals surface area contributed by atoms with Crippen molar-refractivity contribution < 1.29 is 9.32 Å². The molecule has 0 fully saturated rings. The molecule has 2 heterocycles. The van der Waals surface area contributed by atoms with E-state index in [-0.39, 0.29) is 5.91 Å². The third-order valence-electron chi connectivity index (χ3n) is 3.78. The maximum Gasteiger partial charge on any atom is 0.231 e. The smallest absolute Gasteiger partial charge is 0.231 e. The molecule has 0 radical (unpaired) electrons. The van der Waals surface area contributed by atoms with Gasteiger partial charge in [-0.15, -0.1) is 0 Å². The van der Waals surface area contributed by atoms with Gasteiger partial charge in [0.1, 0.15) is 5.69 Å². The molecule has 2 N–H and O–H groups in total. The van der Waals surface area contributed by atoms with Crippen LogP contribution in [0.4, 0.5) is 5.88 Å². The van der Waals surface area contributed by atoms with Gasteiger partial charge in [-0.3, -0.25) is 14.8 Å². The Morgan fingerprint density at radius 1 is 1.27 bits per heavy atom. The summed E-state index contributed by atoms with van der Waals surface area (Å²) in [7, 11) is 1.88. The Hall–Kier alpha value is -3.60. The highest BCUT2D eigenvalue weighted by molar-refractivity contribution is 5.89. The average molecular weight is 350 g/mol. The molecule has 132 valence electrons. The fourth-order valence-corrected chi connectivity index (χ4v) is 2.47. The summed E-state index contributed by atoms with van der Waals surface area (Å²) in [4.78, 5) is 11.8. The first-order valence-corrected chi connectivity index (χ1v) is 8.13. The molecule has 0 aliphatic rings. The predicted octanol–water partition coefficient (Wildman–Crippen LogP) is 2.53. The summed E-state index contributed by atoms with van der Waals surface area (Å²) < 4.78 is 6.93. The first-order chi connectivity index (χ1) is 12.7. The molecule has 0 saturated heterocycles. The minimum Gasteiger partial charge on any atom is -0.338 e. The second-order valence-corrected chi connectivity index (χ2v) is 5.75. The molecule has 0 atom stereocenters. The summed E-state index contributed by atoms with van der Waals surface area (Å²) in [5.74, 6) is 0.119. The van der Waals surface area contributed by atoms with Gasteiger partial charge < -0.3 is 9.84 Å². The van der Waals surface area contributed by atoms with Crippen molar-refractivity contribution in [1.29, 1.82) is 5.26 Å². The highest BCUT2D eigenvalue weighted by Crippen LogP contribution is 2.25. The number of nitrogens with one attached hydrogen (secondary N) is 2. The number of hydrogen-bond acceptors (Lipinski definition) is 6. The zero-order chi connectivity index (χ0) is 18.4. The maximum atomic E-state index is 11.8. The van der Waals surface area contributed by atoms with E-state index in [1.54, 1.807) is 10.7 Å². The van der Waals surface area contributed by atoms with Crippen molar-refractivity contribution in [3.63, 3.8) is 0 Å². The van der Waals surface area contributed by atoms with Gasteiger partial charge in [0.15, 0.2) is 6.19 Å². The summed E-state index contributed by atoms with van der Waals surface area (Å²) in [6.45, 7) is 0.467. The van der Waals surface area contributed by atoms with Crippen molar-refractivity contribution in [2.24, 2.45) is 7.05 Å². The van der Waals surface area contributed by atoms with Gasteiger partial charge in [0.05, 0.1) is 6.20 Å². The Labute approximate surface area is 150 Å². The van der Waals surface area contributed by atoms with E-state index < -0.39 is 0 Å². The van der Waals surface area contributed by atoms with Crippen LogP contribution in [0.3, 0.4) is 0 Å². The van der Waals surface area contributed by atoms with Crippen molar-refractivity contribution in [2.75, 3.05) is 11.9 Å². The van der Waals surface area contributed by atoms with Crippen LogP contribution in [0.15, 0.2) is 47.2 Å². The third-order valence-corrected chi connectivity index (χ3v) is 3.78. The van der Waals surface area contributed by atoms with Gasteiger partial charge in [0.25, 0.3) is 0 Å². The van der Waals surface area contributed by atoms with Gasteiger partial charge in [0, 0.05) is 43.4 Å². The summed E-state index contributed by atoms with van der Waals surface area (Å²) >= 11 is 0. The quantitative estimate of drug-likeness (QED) is 0.385. The molecule has 0 aliphatic heterocycles. The van der Waals surface area contributed by atoms with Gasteiger partial charge in [-0.25, -0.2) is 0 Å². The van der Waals surface area contributed by atoms with Crippen LogP contribution < -0.4 is 10.6 Å². The molecule has 2 aromatic heterocycles. The number of nitriles is 1. The lowest BCUT2D eigenvalue weighted by Crippen LogP contribution is -2.14. The zero-order valence-electron chi connectivity index (χ0n) is 14.3. The Morgan fingerprint density at radius 3 is 2.73 bits per heavy atom. The molecule has 1 amide bonds. The molecule has 0 aliphatic carbocycles. The number of benzene rings is 1. The predicted molar refractivity (Wildman–Crippen MR) is 95.6 cm³/mol. The lowest BCUT2D eigenvalue weighted by atomic mass is 10.1. The van der Waals surface area contributed by atoms with E-state index >= 15 is 0 Å². The van der Waals surface area contributed by atoms with E-state index in [2.05, 4.69) is 20.9 Å². The SMILES string of the molecule is Cn1cc(-c2ccc(-c3cc(NC(=O)CCCNC#N)on3)cc2)cn1. The highest BCUT2D eigenvalue weighted by Gasteiger charge is 2.10. The van der Waals surface area contributed by atoms with Gasteiger partial charge in [0.2, 0.25) is 11.8 Å². The normalized spacial score (nSPS) is 10.3. The van der Waals surface area contributed by atoms with Crippen LogP contribution in [0.2, 0.25) is 0 Å². The van der Waals surface area contributed by atoms with Crippen molar-refractivity contribution >= 4 is 11.8 Å². The van der Waals surface area contributed by atoms with E-state index in [0.717, 1.165) is 16.7 Å². The van der Waals surface area contributed by atoms with Crippen LogP contribution >= 0.6 is 0 Å². The van der Waals surface area contributed by atoms with Gasteiger partial charge >= 0.3 is 0 Å². The summed E-state index contributed by atoms with van der Waals surface area (Å²) in [6.07, 6.45) is 6.43. The van der Waals surface area contributed by atoms with Crippen molar-refractivity contribution in [2.45, 2.75) is 12.8 Å². The molecule has 26 heavy (non-hydrogen) atoms. The van der Waals surface area contributed by atoms with Crippen molar-refractivity contribution in [1.82, 2.24) is 20.3 Å². The molecular weight excluding hydrogens is 332 g/mol. The van der Waals surface area contributed by atoms with Gasteiger partial charge in [-0.2, -0.15) is 10.4 Å². The lowest BCUT2D eigenvalue weighted by Gasteiger charge is -2.00. The van der Waals surface area contributed by atoms with E-state index in [0.29, 0.717) is 31.0 Å². The van der Waals surface area contributed by atoms with E-state index in [4.69, 9.17) is 9.78 Å². The van der Waals surface area contributed by atoms with Crippen molar-refractivity contribution in [3.05, 3.63) is 42.7 Å². The van der Waals surface area contributed by atoms with Crippen LogP contribution in [0.5, 0.6) is 0 Å². The molecule has 0 unspecified atom stereocenters. The fraction of sp³-hybridized carbons (Fsp3) is 0.222. The number of aromatic nitrogens is 3. The molecule has 3 rings (SSSR count). The van der Waals surface area contributed by atoms with Gasteiger partial charge in [-0.05, 0) is 12.0 Å². The summed E-state index contributed by atoms with van der Waals surface area (Å²) in [5.41, 5.74) is 3.63. The standard InChI is InChI=1S/C18H18N6O2/c1-24-11-15(10-21-24)13-4-6-14(7-5-13)16-9-18(26-23-16)22-17(25)3-2-8-20-12-19/h4-7,9-11,20H,2-3,8H2,1H3,(H,22,25). The number of carbonyl (C=O) groups excluding carboxylic acids is 1.